The summed E-state index contributed by atoms with van der Waals surface area (Å²) in [5.41, 5.74) is 0. The van der Waals surface area contributed by atoms with E-state index in [1.165, 1.54) is 18.6 Å². The second-order valence-corrected chi connectivity index (χ2v) is 6.46. The van der Waals surface area contributed by atoms with Gasteiger partial charge in [0.1, 0.15) is 11.6 Å². The van der Waals surface area contributed by atoms with E-state index >= 15 is 0 Å². The first kappa shape index (κ1) is 12.0. The van der Waals surface area contributed by atoms with Crippen LogP contribution in [0.3, 0.4) is 0 Å². The number of carboxylic acids is 1. The van der Waals surface area contributed by atoms with E-state index in [9.17, 15) is 4.79 Å². The summed E-state index contributed by atoms with van der Waals surface area (Å²) in [6, 6.07) is 0. The Bertz CT molecular complexity index is 454. The predicted molar refractivity (Wildman–Crippen MR) is 68.7 cm³/mol. The van der Waals surface area contributed by atoms with Crippen LogP contribution in [0.15, 0.2) is 0 Å². The highest BCUT2D eigenvalue weighted by atomic mass is 32.2. The van der Waals surface area contributed by atoms with Crippen molar-refractivity contribution in [1.29, 1.82) is 0 Å². The second kappa shape index (κ2) is 4.91. The third kappa shape index (κ3) is 2.25. The molecule has 2 aliphatic rings. The summed E-state index contributed by atoms with van der Waals surface area (Å²) >= 11 is 2.02. The van der Waals surface area contributed by atoms with Crippen molar-refractivity contribution in [2.24, 2.45) is 5.92 Å². The van der Waals surface area contributed by atoms with Gasteiger partial charge in [-0.3, -0.25) is 4.79 Å². The molecule has 0 spiro atoms. The lowest BCUT2D eigenvalue weighted by atomic mass is 9.98. The zero-order chi connectivity index (χ0) is 12.5. The van der Waals surface area contributed by atoms with Crippen molar-refractivity contribution in [2.75, 3.05) is 5.75 Å². The van der Waals surface area contributed by atoms with Crippen molar-refractivity contribution >= 4 is 17.7 Å². The minimum atomic E-state index is -0.711. The highest BCUT2D eigenvalue weighted by molar-refractivity contribution is 8.00. The molecule has 0 amide bonds. The van der Waals surface area contributed by atoms with Crippen LogP contribution in [0.5, 0.6) is 0 Å². The summed E-state index contributed by atoms with van der Waals surface area (Å²) < 4.78 is 2.14. The van der Waals surface area contributed by atoms with Gasteiger partial charge < -0.3 is 9.67 Å². The zero-order valence-electron chi connectivity index (χ0n) is 10.2. The molecule has 18 heavy (non-hydrogen) atoms. The first-order chi connectivity index (χ1) is 8.74. The number of thioether (sulfide) groups is 1. The van der Waals surface area contributed by atoms with Gasteiger partial charge in [-0.1, -0.05) is 0 Å². The molecule has 1 aromatic heterocycles. The topological polar surface area (TPSA) is 68.0 Å². The SMILES string of the molecule is O=C(O)C1CCn2c(CC3CCCS3)nnc2C1. The molecule has 0 aliphatic carbocycles. The van der Waals surface area contributed by atoms with Gasteiger partial charge in [-0.05, 0) is 25.0 Å². The largest absolute Gasteiger partial charge is 0.481 e. The quantitative estimate of drug-likeness (QED) is 0.895. The second-order valence-electron chi connectivity index (χ2n) is 5.05. The lowest BCUT2D eigenvalue weighted by Gasteiger charge is -2.21. The van der Waals surface area contributed by atoms with E-state index in [-0.39, 0.29) is 5.92 Å². The maximum atomic E-state index is 11.0. The smallest absolute Gasteiger partial charge is 0.307 e. The van der Waals surface area contributed by atoms with Gasteiger partial charge in [-0.2, -0.15) is 11.8 Å². The normalized spacial score (nSPS) is 27.1. The molecule has 3 heterocycles. The standard InChI is InChI=1S/C12H17N3O2S/c16-12(17)8-3-4-15-10(6-8)13-14-11(15)7-9-2-1-5-18-9/h8-9H,1-7H2,(H,16,17). The molecule has 0 radical (unpaired) electrons. The van der Waals surface area contributed by atoms with Gasteiger partial charge in [0.05, 0.1) is 5.92 Å². The average molecular weight is 267 g/mol. The Morgan fingerprint density at radius 2 is 2.33 bits per heavy atom. The Labute approximate surface area is 110 Å². The zero-order valence-corrected chi connectivity index (χ0v) is 11.0. The predicted octanol–water partition coefficient (Wildman–Crippen LogP) is 1.36. The summed E-state index contributed by atoms with van der Waals surface area (Å²) in [6.45, 7) is 0.756. The summed E-state index contributed by atoms with van der Waals surface area (Å²) in [4.78, 5) is 11.0. The Hall–Kier alpha value is -1.04. The molecule has 1 aromatic rings. The van der Waals surface area contributed by atoms with Crippen molar-refractivity contribution in [2.45, 2.75) is 43.9 Å². The fraction of sp³-hybridized carbons (Fsp3) is 0.750. The molecule has 1 fully saturated rings. The molecular formula is C12H17N3O2S. The van der Waals surface area contributed by atoms with E-state index in [0.29, 0.717) is 18.1 Å². The molecule has 0 aromatic carbocycles. The number of fused-ring (bicyclic) bond motifs is 1. The molecule has 5 nitrogen and oxygen atoms in total. The van der Waals surface area contributed by atoms with Crippen LogP contribution in [-0.2, 0) is 24.2 Å². The summed E-state index contributed by atoms with van der Waals surface area (Å²) in [7, 11) is 0. The molecule has 0 saturated carbocycles. The fourth-order valence-electron chi connectivity index (χ4n) is 2.76. The summed E-state index contributed by atoms with van der Waals surface area (Å²) in [5, 5.41) is 18.1. The van der Waals surface area contributed by atoms with Gasteiger partial charge in [-0.25, -0.2) is 0 Å². The van der Waals surface area contributed by atoms with Crippen LogP contribution in [0, 0.1) is 5.92 Å². The molecule has 0 bridgehead atoms. The van der Waals surface area contributed by atoms with Gasteiger partial charge in [0, 0.05) is 24.6 Å². The molecule has 2 unspecified atom stereocenters. The summed E-state index contributed by atoms with van der Waals surface area (Å²) in [6.07, 6.45) is 4.78. The van der Waals surface area contributed by atoms with E-state index in [1.54, 1.807) is 0 Å². The van der Waals surface area contributed by atoms with Gasteiger partial charge in [0.2, 0.25) is 0 Å². The first-order valence-corrected chi connectivity index (χ1v) is 7.54. The van der Waals surface area contributed by atoms with Crippen LogP contribution in [0.4, 0.5) is 0 Å². The minimum Gasteiger partial charge on any atom is -0.481 e. The van der Waals surface area contributed by atoms with Crippen LogP contribution in [0.1, 0.15) is 30.9 Å². The van der Waals surface area contributed by atoms with Crippen molar-refractivity contribution in [3.05, 3.63) is 11.6 Å². The first-order valence-electron chi connectivity index (χ1n) is 6.49. The minimum absolute atomic E-state index is 0.282. The average Bonchev–Trinajstić information content (AvgIpc) is 2.99. The monoisotopic (exact) mass is 267 g/mol. The summed E-state index contributed by atoms with van der Waals surface area (Å²) in [5.74, 6) is 2.17. The van der Waals surface area contributed by atoms with Crippen molar-refractivity contribution in [3.63, 3.8) is 0 Å². The number of rotatable bonds is 3. The number of carboxylic acid groups (broad SMARTS) is 1. The number of nitrogens with zero attached hydrogens (tertiary/aromatic N) is 3. The number of carbonyl (C=O) groups is 1. The van der Waals surface area contributed by atoms with Crippen LogP contribution >= 0.6 is 11.8 Å². The van der Waals surface area contributed by atoms with Gasteiger partial charge in [-0.15, -0.1) is 10.2 Å². The Kier molecular flexibility index (Phi) is 3.28. The van der Waals surface area contributed by atoms with E-state index in [0.717, 1.165) is 24.6 Å². The van der Waals surface area contributed by atoms with E-state index < -0.39 is 5.97 Å². The van der Waals surface area contributed by atoms with Gasteiger partial charge in [0.15, 0.2) is 0 Å². The molecule has 1 saturated heterocycles. The maximum Gasteiger partial charge on any atom is 0.307 e. The van der Waals surface area contributed by atoms with E-state index in [4.69, 9.17) is 5.11 Å². The molecule has 1 N–H and O–H groups in total. The fourth-order valence-corrected chi connectivity index (χ4v) is 4.03. The third-order valence-corrected chi connectivity index (χ3v) is 5.22. The van der Waals surface area contributed by atoms with Crippen LogP contribution in [-0.4, -0.2) is 36.8 Å². The van der Waals surface area contributed by atoms with Crippen LogP contribution in [0.25, 0.3) is 0 Å². The Morgan fingerprint density at radius 1 is 1.44 bits per heavy atom. The molecule has 3 rings (SSSR count). The number of hydrogen-bond acceptors (Lipinski definition) is 4. The van der Waals surface area contributed by atoms with Crippen molar-refractivity contribution < 1.29 is 9.90 Å². The van der Waals surface area contributed by atoms with E-state index in [1.807, 2.05) is 11.8 Å². The Balaban J connectivity index is 1.73. The van der Waals surface area contributed by atoms with Gasteiger partial charge in [0.25, 0.3) is 0 Å². The lowest BCUT2D eigenvalue weighted by molar-refractivity contribution is -0.142. The lowest BCUT2D eigenvalue weighted by Crippen LogP contribution is -2.26. The van der Waals surface area contributed by atoms with Crippen LogP contribution in [0.2, 0.25) is 0 Å². The molecule has 98 valence electrons. The van der Waals surface area contributed by atoms with E-state index in [2.05, 4.69) is 14.8 Å². The Morgan fingerprint density at radius 3 is 3.06 bits per heavy atom. The number of aromatic nitrogens is 3. The molecule has 6 heteroatoms. The molecular weight excluding hydrogens is 250 g/mol. The maximum absolute atomic E-state index is 11.0. The van der Waals surface area contributed by atoms with Crippen LogP contribution < -0.4 is 0 Å². The number of hydrogen-bond donors (Lipinski definition) is 1. The van der Waals surface area contributed by atoms with Crippen molar-refractivity contribution in [3.8, 4) is 0 Å². The molecule has 2 aliphatic heterocycles. The van der Waals surface area contributed by atoms with Crippen molar-refractivity contribution in [1.82, 2.24) is 14.8 Å². The third-order valence-electron chi connectivity index (χ3n) is 3.82. The van der Waals surface area contributed by atoms with Gasteiger partial charge >= 0.3 is 5.97 Å². The highest BCUT2D eigenvalue weighted by Gasteiger charge is 2.28. The highest BCUT2D eigenvalue weighted by Crippen LogP contribution is 2.29. The number of aliphatic carboxylic acids is 1. The molecule has 2 atom stereocenters.